The standard InChI is InChI=1S/C19H28O8/c1-6-16(5)22-10-13-25-19(9-4,26-14-11-23-17(20)7-2)27-15-12-24-18(21)8-3/h6-8H,1-3,5,9-15H2,4H3. The van der Waals surface area contributed by atoms with Crippen LogP contribution in [0.15, 0.2) is 50.3 Å². The Labute approximate surface area is 160 Å². The summed E-state index contributed by atoms with van der Waals surface area (Å²) in [4.78, 5) is 22.1. The molecule has 0 aromatic heterocycles. The first-order chi connectivity index (χ1) is 12.9. The smallest absolute Gasteiger partial charge is 0.330 e. The summed E-state index contributed by atoms with van der Waals surface area (Å²) in [5.74, 6) is -2.12. The Morgan fingerprint density at radius 2 is 1.15 bits per heavy atom. The summed E-state index contributed by atoms with van der Waals surface area (Å²) in [5.41, 5.74) is 0. The van der Waals surface area contributed by atoms with E-state index in [0.717, 1.165) is 12.2 Å². The van der Waals surface area contributed by atoms with Gasteiger partial charge in [0, 0.05) is 18.6 Å². The molecule has 0 aliphatic rings. The maximum atomic E-state index is 11.1. The molecule has 0 saturated heterocycles. The largest absolute Gasteiger partial charge is 0.492 e. The molecule has 0 spiro atoms. The number of rotatable bonds is 17. The van der Waals surface area contributed by atoms with Crippen LogP contribution in [0.1, 0.15) is 13.3 Å². The molecule has 0 heterocycles. The third-order valence-electron chi connectivity index (χ3n) is 2.99. The van der Waals surface area contributed by atoms with E-state index in [-0.39, 0.29) is 39.6 Å². The quantitative estimate of drug-likeness (QED) is 0.0942. The molecular formula is C19H28O8. The van der Waals surface area contributed by atoms with E-state index in [4.69, 9.17) is 28.4 Å². The minimum atomic E-state index is -1.42. The van der Waals surface area contributed by atoms with Gasteiger partial charge < -0.3 is 28.4 Å². The second-order valence-electron chi connectivity index (χ2n) is 4.84. The van der Waals surface area contributed by atoms with Gasteiger partial charge in [0.1, 0.15) is 25.6 Å². The number of carbonyl (C=O) groups is 2. The highest BCUT2D eigenvalue weighted by Gasteiger charge is 2.32. The zero-order valence-electron chi connectivity index (χ0n) is 15.8. The van der Waals surface area contributed by atoms with Crippen molar-refractivity contribution >= 4 is 11.9 Å². The Bertz CT molecular complexity index is 443. The molecule has 27 heavy (non-hydrogen) atoms. The summed E-state index contributed by atoms with van der Waals surface area (Å²) in [6.45, 7) is 15.9. The summed E-state index contributed by atoms with van der Waals surface area (Å²) < 4.78 is 31.9. The van der Waals surface area contributed by atoms with Crippen molar-refractivity contribution in [3.8, 4) is 0 Å². The van der Waals surface area contributed by atoms with Crippen LogP contribution in [0, 0.1) is 0 Å². The van der Waals surface area contributed by atoms with Gasteiger partial charge in [0.05, 0.1) is 19.8 Å². The third-order valence-corrected chi connectivity index (χ3v) is 2.99. The van der Waals surface area contributed by atoms with Crippen LogP contribution in [0.3, 0.4) is 0 Å². The summed E-state index contributed by atoms with van der Waals surface area (Å²) in [7, 11) is 0. The van der Waals surface area contributed by atoms with Crippen LogP contribution < -0.4 is 0 Å². The van der Waals surface area contributed by atoms with Gasteiger partial charge in [-0.15, -0.1) is 0 Å². The van der Waals surface area contributed by atoms with Crippen molar-refractivity contribution in [3.05, 3.63) is 50.3 Å². The van der Waals surface area contributed by atoms with Crippen molar-refractivity contribution in [2.75, 3.05) is 39.6 Å². The van der Waals surface area contributed by atoms with E-state index in [1.54, 1.807) is 6.92 Å². The highest BCUT2D eigenvalue weighted by Crippen LogP contribution is 2.20. The van der Waals surface area contributed by atoms with Crippen LogP contribution in [-0.4, -0.2) is 57.6 Å². The molecule has 0 amide bonds. The topological polar surface area (TPSA) is 89.5 Å². The molecule has 0 atom stereocenters. The van der Waals surface area contributed by atoms with Crippen LogP contribution in [0.5, 0.6) is 0 Å². The van der Waals surface area contributed by atoms with Gasteiger partial charge in [-0.2, -0.15) is 0 Å². The van der Waals surface area contributed by atoms with E-state index in [1.807, 2.05) is 0 Å². The molecule has 0 saturated carbocycles. The third kappa shape index (κ3) is 11.7. The fraction of sp³-hybridized carbons (Fsp3) is 0.474. The maximum Gasteiger partial charge on any atom is 0.330 e. The molecule has 0 radical (unpaired) electrons. The lowest BCUT2D eigenvalue weighted by atomic mass is 10.4. The van der Waals surface area contributed by atoms with Crippen LogP contribution in [-0.2, 0) is 38.0 Å². The van der Waals surface area contributed by atoms with Crippen LogP contribution in [0.2, 0.25) is 0 Å². The predicted octanol–water partition coefficient (Wildman–Crippen LogP) is 2.27. The molecule has 0 aromatic carbocycles. The van der Waals surface area contributed by atoms with Crippen molar-refractivity contribution in [2.45, 2.75) is 19.3 Å². The lowest BCUT2D eigenvalue weighted by Crippen LogP contribution is -2.41. The molecule has 0 unspecified atom stereocenters. The van der Waals surface area contributed by atoms with Crippen molar-refractivity contribution in [1.82, 2.24) is 0 Å². The molecule has 0 fully saturated rings. The van der Waals surface area contributed by atoms with Gasteiger partial charge in [0.15, 0.2) is 0 Å². The van der Waals surface area contributed by atoms with E-state index < -0.39 is 17.9 Å². The average Bonchev–Trinajstić information content (AvgIpc) is 2.70. The van der Waals surface area contributed by atoms with Gasteiger partial charge in [0.2, 0.25) is 0 Å². The number of hydrogen-bond donors (Lipinski definition) is 0. The van der Waals surface area contributed by atoms with Crippen LogP contribution in [0.4, 0.5) is 0 Å². The maximum absolute atomic E-state index is 11.1. The van der Waals surface area contributed by atoms with Crippen molar-refractivity contribution in [2.24, 2.45) is 0 Å². The van der Waals surface area contributed by atoms with Crippen LogP contribution >= 0.6 is 0 Å². The molecule has 0 bridgehead atoms. The second kappa shape index (κ2) is 14.7. The number of allylic oxidation sites excluding steroid dienone is 1. The monoisotopic (exact) mass is 384 g/mol. The molecule has 0 rings (SSSR count). The molecule has 0 aliphatic heterocycles. The SMILES string of the molecule is C=CC(=C)OCCOC(CC)(OCCOC(=O)C=C)OCCOC(=O)C=C. The summed E-state index contributed by atoms with van der Waals surface area (Å²) in [6.07, 6.45) is 3.90. The van der Waals surface area contributed by atoms with Crippen molar-refractivity contribution in [1.29, 1.82) is 0 Å². The van der Waals surface area contributed by atoms with E-state index in [0.29, 0.717) is 12.2 Å². The highest BCUT2D eigenvalue weighted by atomic mass is 16.9. The first-order valence-corrected chi connectivity index (χ1v) is 8.37. The average molecular weight is 384 g/mol. The highest BCUT2D eigenvalue weighted by molar-refractivity contribution is 5.81. The first-order valence-electron chi connectivity index (χ1n) is 8.37. The van der Waals surface area contributed by atoms with E-state index in [2.05, 4.69) is 26.3 Å². The van der Waals surface area contributed by atoms with Crippen molar-refractivity contribution in [3.63, 3.8) is 0 Å². The van der Waals surface area contributed by atoms with E-state index in [1.165, 1.54) is 6.08 Å². The normalized spacial score (nSPS) is 10.6. The minimum absolute atomic E-state index is 0.00541. The number of esters is 2. The van der Waals surface area contributed by atoms with Gasteiger partial charge in [-0.05, 0) is 6.08 Å². The zero-order chi connectivity index (χ0) is 20.5. The fourth-order valence-electron chi connectivity index (χ4n) is 1.66. The van der Waals surface area contributed by atoms with Gasteiger partial charge in [0.25, 0.3) is 5.97 Å². The van der Waals surface area contributed by atoms with Gasteiger partial charge >= 0.3 is 11.9 Å². The zero-order valence-corrected chi connectivity index (χ0v) is 15.8. The Balaban J connectivity index is 4.59. The molecule has 0 N–H and O–H groups in total. The predicted molar refractivity (Wildman–Crippen MR) is 98.5 cm³/mol. The lowest BCUT2D eigenvalue weighted by molar-refractivity contribution is -0.385. The molecule has 0 aliphatic carbocycles. The fourth-order valence-corrected chi connectivity index (χ4v) is 1.66. The number of ether oxygens (including phenoxy) is 6. The lowest BCUT2D eigenvalue weighted by Gasteiger charge is -2.32. The number of carbonyl (C=O) groups excluding carboxylic acids is 2. The van der Waals surface area contributed by atoms with Gasteiger partial charge in [-0.3, -0.25) is 0 Å². The first kappa shape index (κ1) is 24.6. The summed E-state index contributed by atoms with van der Waals surface area (Å²) in [5, 5.41) is 0. The van der Waals surface area contributed by atoms with Crippen LogP contribution in [0.25, 0.3) is 0 Å². The minimum Gasteiger partial charge on any atom is -0.492 e. The number of hydrogen-bond acceptors (Lipinski definition) is 8. The molecular weight excluding hydrogens is 356 g/mol. The van der Waals surface area contributed by atoms with E-state index >= 15 is 0 Å². The Morgan fingerprint density at radius 3 is 1.48 bits per heavy atom. The Hall–Kier alpha value is -2.42. The summed E-state index contributed by atoms with van der Waals surface area (Å²) >= 11 is 0. The molecule has 8 heteroatoms. The Kier molecular flexibility index (Phi) is 13.4. The second-order valence-corrected chi connectivity index (χ2v) is 4.84. The van der Waals surface area contributed by atoms with Gasteiger partial charge in [-0.1, -0.05) is 33.2 Å². The van der Waals surface area contributed by atoms with Crippen molar-refractivity contribution < 1.29 is 38.0 Å². The summed E-state index contributed by atoms with van der Waals surface area (Å²) in [6, 6.07) is 0. The van der Waals surface area contributed by atoms with Gasteiger partial charge in [-0.25, -0.2) is 9.59 Å². The Morgan fingerprint density at radius 1 is 0.741 bits per heavy atom. The molecule has 0 aromatic rings. The van der Waals surface area contributed by atoms with E-state index in [9.17, 15) is 9.59 Å². The molecule has 8 nitrogen and oxygen atoms in total. The molecule has 152 valence electrons.